The summed E-state index contributed by atoms with van der Waals surface area (Å²) in [5.41, 5.74) is 0.916. The highest BCUT2D eigenvalue weighted by Crippen LogP contribution is 2.13. The molecule has 6 heteroatoms. The number of pyridine rings is 1. The summed E-state index contributed by atoms with van der Waals surface area (Å²) in [7, 11) is 1.60. The Labute approximate surface area is 127 Å². The molecule has 0 unspecified atom stereocenters. The predicted molar refractivity (Wildman–Crippen MR) is 83.4 cm³/mol. The minimum atomic E-state index is -0.385. The molecule has 1 aromatic carbocycles. The third-order valence-electron chi connectivity index (χ3n) is 2.55. The summed E-state index contributed by atoms with van der Waals surface area (Å²) in [5.74, 6) is 1.18. The Morgan fingerprint density at radius 2 is 2.19 bits per heavy atom. The Hall–Kier alpha value is -2.53. The number of amides is 2. The number of urea groups is 1. The first-order valence-electron chi connectivity index (χ1n) is 6.17. The third-order valence-corrected chi connectivity index (χ3v) is 2.78. The van der Waals surface area contributed by atoms with Gasteiger partial charge in [0.1, 0.15) is 11.6 Å². The Morgan fingerprint density at radius 3 is 2.90 bits per heavy atom. The second kappa shape index (κ2) is 7.31. The lowest BCUT2D eigenvalue weighted by atomic mass is 10.2. The van der Waals surface area contributed by atoms with Crippen LogP contribution in [0.2, 0.25) is 5.02 Å². The molecule has 2 amide bonds. The summed E-state index contributed by atoms with van der Waals surface area (Å²) in [6.07, 6.45) is 4.76. The van der Waals surface area contributed by atoms with E-state index in [1.807, 2.05) is 24.3 Å². The average molecular weight is 304 g/mol. The Morgan fingerprint density at radius 1 is 1.33 bits per heavy atom. The van der Waals surface area contributed by atoms with E-state index in [1.165, 1.54) is 6.20 Å². The number of benzene rings is 1. The van der Waals surface area contributed by atoms with Gasteiger partial charge in [0.25, 0.3) is 0 Å². The number of nitrogens with one attached hydrogen (secondary N) is 2. The fourth-order valence-corrected chi connectivity index (χ4v) is 1.67. The highest BCUT2D eigenvalue weighted by Gasteiger charge is 2.00. The highest BCUT2D eigenvalue weighted by molar-refractivity contribution is 6.30. The molecule has 2 N–H and O–H groups in total. The molecule has 2 rings (SSSR count). The molecular formula is C15H14ClN3O2. The SMILES string of the molecule is COc1cccc(/C=C/NC(=O)Nc2ccc(Cl)cn2)c1. The molecule has 0 aliphatic carbocycles. The first kappa shape index (κ1) is 14.9. The number of nitrogens with zero attached hydrogens (tertiary/aromatic N) is 1. The van der Waals surface area contributed by atoms with Crippen LogP contribution in [0, 0.1) is 0 Å². The number of aromatic nitrogens is 1. The van der Waals surface area contributed by atoms with E-state index in [2.05, 4.69) is 15.6 Å². The van der Waals surface area contributed by atoms with Crippen LogP contribution in [0.4, 0.5) is 10.6 Å². The molecule has 0 aliphatic rings. The topological polar surface area (TPSA) is 63.2 Å². The molecule has 1 aromatic heterocycles. The molecule has 2 aromatic rings. The van der Waals surface area contributed by atoms with Crippen LogP contribution in [0.25, 0.3) is 6.08 Å². The van der Waals surface area contributed by atoms with Crippen LogP contribution >= 0.6 is 11.6 Å². The minimum absolute atomic E-state index is 0.385. The van der Waals surface area contributed by atoms with Crippen molar-refractivity contribution >= 4 is 29.5 Å². The second-order valence-corrected chi connectivity index (χ2v) is 4.51. The first-order chi connectivity index (χ1) is 10.2. The van der Waals surface area contributed by atoms with Crippen LogP contribution in [0.5, 0.6) is 5.75 Å². The number of ether oxygens (including phenoxy) is 1. The number of hydrogen-bond donors (Lipinski definition) is 2. The molecule has 0 saturated carbocycles. The van der Waals surface area contributed by atoms with Crippen molar-refractivity contribution in [1.82, 2.24) is 10.3 Å². The summed E-state index contributed by atoms with van der Waals surface area (Å²) in [6.45, 7) is 0. The van der Waals surface area contributed by atoms with Crippen molar-refractivity contribution in [3.63, 3.8) is 0 Å². The molecule has 0 aliphatic heterocycles. The van der Waals surface area contributed by atoms with Crippen LogP contribution < -0.4 is 15.4 Å². The van der Waals surface area contributed by atoms with Gasteiger partial charge in [0.15, 0.2) is 0 Å². The normalized spacial score (nSPS) is 10.4. The van der Waals surface area contributed by atoms with Crippen LogP contribution in [-0.2, 0) is 0 Å². The number of anilines is 1. The van der Waals surface area contributed by atoms with E-state index >= 15 is 0 Å². The molecule has 0 saturated heterocycles. The zero-order valence-electron chi connectivity index (χ0n) is 11.3. The fraction of sp³-hybridized carbons (Fsp3) is 0.0667. The Kier molecular flexibility index (Phi) is 5.17. The van der Waals surface area contributed by atoms with Crippen LogP contribution in [0.3, 0.4) is 0 Å². The van der Waals surface area contributed by atoms with Gasteiger partial charge in [0.05, 0.1) is 12.1 Å². The van der Waals surface area contributed by atoms with Gasteiger partial charge in [-0.05, 0) is 35.9 Å². The maximum atomic E-state index is 11.6. The molecule has 108 valence electrons. The number of halogens is 1. The number of rotatable bonds is 4. The van der Waals surface area contributed by atoms with Gasteiger partial charge < -0.3 is 10.1 Å². The predicted octanol–water partition coefficient (Wildman–Crippen LogP) is 3.54. The standard InChI is InChI=1S/C15H14ClN3O2/c1-21-13-4-2-3-11(9-13)7-8-17-15(20)19-14-6-5-12(16)10-18-14/h2-10H,1H3,(H2,17,18,19,20)/b8-7+. The molecule has 0 fully saturated rings. The number of methoxy groups -OCH3 is 1. The van der Waals surface area contributed by atoms with Crippen molar-refractivity contribution in [2.24, 2.45) is 0 Å². The molecule has 0 bridgehead atoms. The minimum Gasteiger partial charge on any atom is -0.497 e. The molecule has 0 atom stereocenters. The van der Waals surface area contributed by atoms with Gasteiger partial charge in [0, 0.05) is 12.4 Å². The molecule has 5 nitrogen and oxygen atoms in total. The van der Waals surface area contributed by atoms with Gasteiger partial charge in [-0.1, -0.05) is 23.7 Å². The van der Waals surface area contributed by atoms with E-state index in [0.717, 1.165) is 11.3 Å². The smallest absolute Gasteiger partial charge is 0.324 e. The number of carbonyl (C=O) groups excluding carboxylic acids is 1. The van der Waals surface area contributed by atoms with E-state index in [4.69, 9.17) is 16.3 Å². The van der Waals surface area contributed by atoms with E-state index < -0.39 is 0 Å². The monoisotopic (exact) mass is 303 g/mol. The molecule has 1 heterocycles. The van der Waals surface area contributed by atoms with Crippen molar-refractivity contribution < 1.29 is 9.53 Å². The van der Waals surface area contributed by atoms with Gasteiger partial charge in [0.2, 0.25) is 0 Å². The van der Waals surface area contributed by atoms with Gasteiger partial charge in [-0.25, -0.2) is 9.78 Å². The van der Waals surface area contributed by atoms with Crippen molar-refractivity contribution in [2.45, 2.75) is 0 Å². The first-order valence-corrected chi connectivity index (χ1v) is 6.55. The zero-order valence-corrected chi connectivity index (χ0v) is 12.1. The summed E-state index contributed by atoms with van der Waals surface area (Å²) >= 11 is 5.71. The summed E-state index contributed by atoms with van der Waals surface area (Å²) < 4.78 is 5.12. The maximum Gasteiger partial charge on any atom is 0.324 e. The Bertz CT molecular complexity index is 642. The molecule has 0 spiro atoms. The fourth-order valence-electron chi connectivity index (χ4n) is 1.56. The van der Waals surface area contributed by atoms with E-state index in [0.29, 0.717) is 10.8 Å². The third kappa shape index (κ3) is 4.81. The van der Waals surface area contributed by atoms with Crippen molar-refractivity contribution in [3.8, 4) is 5.75 Å². The summed E-state index contributed by atoms with van der Waals surface area (Å²) in [6, 6.07) is 10.4. The van der Waals surface area contributed by atoms with Crippen LogP contribution in [-0.4, -0.2) is 18.1 Å². The molecule has 0 radical (unpaired) electrons. The molecular weight excluding hydrogens is 290 g/mol. The lowest BCUT2D eigenvalue weighted by molar-refractivity contribution is 0.255. The lowest BCUT2D eigenvalue weighted by Crippen LogP contribution is -2.24. The number of carbonyl (C=O) groups is 1. The van der Waals surface area contributed by atoms with Crippen molar-refractivity contribution in [1.29, 1.82) is 0 Å². The van der Waals surface area contributed by atoms with Crippen molar-refractivity contribution in [3.05, 3.63) is 59.4 Å². The van der Waals surface area contributed by atoms with E-state index in [-0.39, 0.29) is 6.03 Å². The maximum absolute atomic E-state index is 11.6. The van der Waals surface area contributed by atoms with E-state index in [1.54, 1.807) is 31.5 Å². The number of hydrogen-bond acceptors (Lipinski definition) is 3. The van der Waals surface area contributed by atoms with Gasteiger partial charge >= 0.3 is 6.03 Å². The van der Waals surface area contributed by atoms with Gasteiger partial charge in [-0.15, -0.1) is 0 Å². The quantitative estimate of drug-likeness (QED) is 0.908. The van der Waals surface area contributed by atoms with Crippen LogP contribution in [0.15, 0.2) is 48.8 Å². The lowest BCUT2D eigenvalue weighted by Gasteiger charge is -2.03. The summed E-state index contributed by atoms with van der Waals surface area (Å²) in [4.78, 5) is 15.6. The molecule has 21 heavy (non-hydrogen) atoms. The van der Waals surface area contributed by atoms with Gasteiger partial charge in [-0.2, -0.15) is 0 Å². The largest absolute Gasteiger partial charge is 0.497 e. The van der Waals surface area contributed by atoms with Crippen LogP contribution in [0.1, 0.15) is 5.56 Å². The average Bonchev–Trinajstić information content (AvgIpc) is 2.50. The highest BCUT2D eigenvalue weighted by atomic mass is 35.5. The van der Waals surface area contributed by atoms with Crippen molar-refractivity contribution in [2.75, 3.05) is 12.4 Å². The second-order valence-electron chi connectivity index (χ2n) is 4.07. The van der Waals surface area contributed by atoms with E-state index in [9.17, 15) is 4.79 Å². The summed E-state index contributed by atoms with van der Waals surface area (Å²) in [5, 5.41) is 5.68. The zero-order chi connectivity index (χ0) is 15.1. The Balaban J connectivity index is 1.88. The van der Waals surface area contributed by atoms with Gasteiger partial charge in [-0.3, -0.25) is 5.32 Å².